The molecule has 1 aromatic rings. The predicted molar refractivity (Wildman–Crippen MR) is 67.7 cm³/mol. The zero-order valence-corrected chi connectivity index (χ0v) is 10.6. The standard InChI is InChI=1S/C12H12N2O6/c1-20-10-3-2-8(5-9(10)14(18)19)13-6-7(12(16)17)4-11(13)15/h2-3,5,7H,4,6H2,1H3,(H,16,17)/t7-/m1/s1. The van der Waals surface area contributed by atoms with E-state index in [9.17, 15) is 19.7 Å². The molecule has 106 valence electrons. The quantitative estimate of drug-likeness (QED) is 0.651. The number of carbonyl (C=O) groups is 2. The molecule has 1 heterocycles. The Morgan fingerprint density at radius 3 is 2.75 bits per heavy atom. The number of carbonyl (C=O) groups excluding carboxylic acids is 1. The van der Waals surface area contributed by atoms with Crippen LogP contribution in [0.3, 0.4) is 0 Å². The van der Waals surface area contributed by atoms with Crippen molar-refractivity contribution in [1.29, 1.82) is 0 Å². The minimum Gasteiger partial charge on any atom is -0.490 e. The lowest BCUT2D eigenvalue weighted by atomic mass is 10.1. The van der Waals surface area contributed by atoms with Gasteiger partial charge < -0.3 is 14.7 Å². The minimum absolute atomic E-state index is 0.0116. The van der Waals surface area contributed by atoms with Gasteiger partial charge in [0.15, 0.2) is 5.75 Å². The number of nitrogens with zero attached hydrogens (tertiary/aromatic N) is 2. The van der Waals surface area contributed by atoms with Crippen molar-refractivity contribution >= 4 is 23.3 Å². The second-order valence-corrected chi connectivity index (χ2v) is 4.36. The minimum atomic E-state index is -1.05. The van der Waals surface area contributed by atoms with Gasteiger partial charge in [-0.3, -0.25) is 19.7 Å². The number of ether oxygens (including phenoxy) is 1. The first-order chi connectivity index (χ1) is 9.43. The molecule has 1 aromatic carbocycles. The first-order valence-corrected chi connectivity index (χ1v) is 5.79. The van der Waals surface area contributed by atoms with Crippen molar-refractivity contribution in [3.63, 3.8) is 0 Å². The molecule has 1 amide bonds. The van der Waals surface area contributed by atoms with Gasteiger partial charge in [0.1, 0.15) is 0 Å². The zero-order valence-electron chi connectivity index (χ0n) is 10.6. The molecule has 1 saturated heterocycles. The molecule has 0 radical (unpaired) electrons. The average Bonchev–Trinajstić information content (AvgIpc) is 2.80. The van der Waals surface area contributed by atoms with Crippen LogP contribution in [0.4, 0.5) is 11.4 Å². The average molecular weight is 280 g/mol. The third kappa shape index (κ3) is 2.40. The molecule has 8 heteroatoms. The van der Waals surface area contributed by atoms with Crippen LogP contribution < -0.4 is 9.64 Å². The van der Waals surface area contributed by atoms with Crippen LogP contribution in [-0.2, 0) is 9.59 Å². The number of nitro groups is 1. The van der Waals surface area contributed by atoms with E-state index in [1.54, 1.807) is 0 Å². The van der Waals surface area contributed by atoms with Crippen molar-refractivity contribution in [2.75, 3.05) is 18.6 Å². The summed E-state index contributed by atoms with van der Waals surface area (Å²) in [6, 6.07) is 4.09. The molecule has 1 fully saturated rings. The topological polar surface area (TPSA) is 110 Å². The highest BCUT2D eigenvalue weighted by molar-refractivity contribution is 5.99. The van der Waals surface area contributed by atoms with Gasteiger partial charge in [0.05, 0.1) is 23.6 Å². The van der Waals surface area contributed by atoms with E-state index in [1.807, 2.05) is 0 Å². The molecule has 2 rings (SSSR count). The SMILES string of the molecule is COc1ccc(N2C[C@H](C(=O)O)CC2=O)cc1[N+](=O)[O-]. The van der Waals surface area contributed by atoms with Crippen molar-refractivity contribution in [2.24, 2.45) is 5.92 Å². The smallest absolute Gasteiger partial charge is 0.312 e. The van der Waals surface area contributed by atoms with E-state index in [2.05, 4.69) is 0 Å². The fraction of sp³-hybridized carbons (Fsp3) is 0.333. The van der Waals surface area contributed by atoms with Crippen LogP contribution in [0.15, 0.2) is 18.2 Å². The second kappa shape index (κ2) is 5.16. The Kier molecular flexibility index (Phi) is 3.55. The highest BCUT2D eigenvalue weighted by atomic mass is 16.6. The summed E-state index contributed by atoms with van der Waals surface area (Å²) in [5, 5.41) is 19.8. The van der Waals surface area contributed by atoms with Crippen LogP contribution in [0.2, 0.25) is 0 Å². The van der Waals surface area contributed by atoms with E-state index < -0.39 is 16.8 Å². The van der Waals surface area contributed by atoms with Gasteiger partial charge in [0.2, 0.25) is 5.91 Å². The lowest BCUT2D eigenvalue weighted by Crippen LogP contribution is -2.25. The molecule has 1 atom stereocenters. The summed E-state index contributed by atoms with van der Waals surface area (Å²) in [5.41, 5.74) is 0.0304. The molecular formula is C12H12N2O6. The summed E-state index contributed by atoms with van der Waals surface area (Å²) >= 11 is 0. The number of methoxy groups -OCH3 is 1. The number of benzene rings is 1. The van der Waals surface area contributed by atoms with Crippen molar-refractivity contribution in [1.82, 2.24) is 0 Å². The Hall–Kier alpha value is -2.64. The van der Waals surface area contributed by atoms with E-state index in [4.69, 9.17) is 9.84 Å². The molecule has 0 unspecified atom stereocenters. The van der Waals surface area contributed by atoms with Gasteiger partial charge >= 0.3 is 11.7 Å². The van der Waals surface area contributed by atoms with E-state index in [0.717, 1.165) is 0 Å². The molecule has 0 aliphatic carbocycles. The van der Waals surface area contributed by atoms with Crippen LogP contribution in [0, 0.1) is 16.0 Å². The molecule has 1 aliphatic heterocycles. The van der Waals surface area contributed by atoms with Crippen molar-refractivity contribution < 1.29 is 24.4 Å². The van der Waals surface area contributed by atoms with Gasteiger partial charge in [-0.25, -0.2) is 0 Å². The molecular weight excluding hydrogens is 268 g/mol. The summed E-state index contributed by atoms with van der Waals surface area (Å²) < 4.78 is 4.87. The maximum absolute atomic E-state index is 11.8. The summed E-state index contributed by atoms with van der Waals surface area (Å²) in [5.74, 6) is -2.12. The lowest BCUT2D eigenvalue weighted by molar-refractivity contribution is -0.385. The fourth-order valence-electron chi connectivity index (χ4n) is 2.11. The Morgan fingerprint density at radius 2 is 2.25 bits per heavy atom. The first-order valence-electron chi connectivity index (χ1n) is 5.79. The van der Waals surface area contributed by atoms with Gasteiger partial charge in [-0.1, -0.05) is 0 Å². The van der Waals surface area contributed by atoms with Gasteiger partial charge in [-0.05, 0) is 12.1 Å². The molecule has 8 nitrogen and oxygen atoms in total. The number of anilines is 1. The zero-order chi connectivity index (χ0) is 14.9. The monoisotopic (exact) mass is 280 g/mol. The molecule has 0 saturated carbocycles. The Labute approximate surface area is 113 Å². The third-order valence-electron chi connectivity index (χ3n) is 3.15. The lowest BCUT2D eigenvalue weighted by Gasteiger charge is -2.16. The van der Waals surface area contributed by atoms with Gasteiger partial charge in [0.25, 0.3) is 0 Å². The molecule has 0 bridgehead atoms. The number of nitro benzene ring substituents is 1. The van der Waals surface area contributed by atoms with Crippen LogP contribution >= 0.6 is 0 Å². The Morgan fingerprint density at radius 1 is 1.55 bits per heavy atom. The van der Waals surface area contributed by atoms with E-state index in [1.165, 1.54) is 30.2 Å². The van der Waals surface area contributed by atoms with E-state index in [0.29, 0.717) is 5.69 Å². The summed E-state index contributed by atoms with van der Waals surface area (Å²) in [6.07, 6.45) is -0.102. The van der Waals surface area contributed by atoms with E-state index >= 15 is 0 Å². The Bertz CT molecular complexity index is 585. The van der Waals surface area contributed by atoms with Crippen molar-refractivity contribution in [3.05, 3.63) is 28.3 Å². The molecule has 0 aromatic heterocycles. The largest absolute Gasteiger partial charge is 0.490 e. The highest BCUT2D eigenvalue weighted by Gasteiger charge is 2.35. The highest BCUT2D eigenvalue weighted by Crippen LogP contribution is 2.33. The molecule has 1 aliphatic rings. The second-order valence-electron chi connectivity index (χ2n) is 4.36. The van der Waals surface area contributed by atoms with Crippen LogP contribution in [0.5, 0.6) is 5.75 Å². The molecule has 1 N–H and O–H groups in total. The maximum atomic E-state index is 11.8. The predicted octanol–water partition coefficient (Wildman–Crippen LogP) is 1.04. The van der Waals surface area contributed by atoms with E-state index in [-0.39, 0.29) is 30.3 Å². The summed E-state index contributed by atoms with van der Waals surface area (Å²) in [6.45, 7) is 0.0116. The number of hydrogen-bond acceptors (Lipinski definition) is 5. The number of carboxylic acids is 1. The number of hydrogen-bond donors (Lipinski definition) is 1. The van der Waals surface area contributed by atoms with Gasteiger partial charge in [-0.2, -0.15) is 0 Å². The van der Waals surface area contributed by atoms with Crippen molar-refractivity contribution in [2.45, 2.75) is 6.42 Å². The van der Waals surface area contributed by atoms with Crippen LogP contribution in [0.25, 0.3) is 0 Å². The summed E-state index contributed by atoms with van der Waals surface area (Å²) in [4.78, 5) is 34.2. The fourth-order valence-corrected chi connectivity index (χ4v) is 2.11. The molecule has 0 spiro atoms. The molecule has 20 heavy (non-hydrogen) atoms. The summed E-state index contributed by atoms with van der Waals surface area (Å²) in [7, 11) is 1.31. The number of amides is 1. The third-order valence-corrected chi connectivity index (χ3v) is 3.15. The van der Waals surface area contributed by atoms with Crippen LogP contribution in [-0.4, -0.2) is 35.6 Å². The number of aliphatic carboxylic acids is 1. The number of rotatable bonds is 4. The van der Waals surface area contributed by atoms with Crippen molar-refractivity contribution in [3.8, 4) is 5.75 Å². The number of carboxylic acid groups (broad SMARTS) is 1. The Balaban J connectivity index is 2.34. The first kappa shape index (κ1) is 13.8. The van der Waals surface area contributed by atoms with Gasteiger partial charge in [-0.15, -0.1) is 0 Å². The van der Waals surface area contributed by atoms with Crippen LogP contribution in [0.1, 0.15) is 6.42 Å². The van der Waals surface area contributed by atoms with Gasteiger partial charge in [0, 0.05) is 19.0 Å². The maximum Gasteiger partial charge on any atom is 0.312 e. The normalized spacial score (nSPS) is 18.1.